The maximum Gasteiger partial charge on any atom is 0.163 e. The second kappa shape index (κ2) is 3.75. The third kappa shape index (κ3) is 3.11. The van der Waals surface area contributed by atoms with E-state index in [0.717, 1.165) is 19.4 Å². The molecule has 0 aromatic carbocycles. The Bertz CT molecular complexity index is 141. The Morgan fingerprint density at radius 2 is 2.08 bits per heavy atom. The molecule has 0 N–H and O–H groups in total. The van der Waals surface area contributed by atoms with Gasteiger partial charge < -0.3 is 9.47 Å². The first-order valence-electron chi connectivity index (χ1n) is 4.60. The van der Waals surface area contributed by atoms with Crippen LogP contribution in [0.2, 0.25) is 0 Å². The summed E-state index contributed by atoms with van der Waals surface area (Å²) in [5.74, 6) is 1.05. The van der Waals surface area contributed by atoms with Crippen molar-refractivity contribution in [3.05, 3.63) is 5.92 Å². The van der Waals surface area contributed by atoms with Crippen LogP contribution in [0.4, 0.5) is 0 Å². The molecular weight excluding hydrogens is 152 g/mol. The summed E-state index contributed by atoms with van der Waals surface area (Å²) >= 11 is 0. The molecule has 0 spiro atoms. The Morgan fingerprint density at radius 3 is 2.58 bits per heavy atom. The van der Waals surface area contributed by atoms with Gasteiger partial charge in [0.25, 0.3) is 0 Å². The van der Waals surface area contributed by atoms with E-state index >= 15 is 0 Å². The van der Waals surface area contributed by atoms with Crippen molar-refractivity contribution in [3.63, 3.8) is 0 Å². The monoisotopic (exact) mass is 171 g/mol. The van der Waals surface area contributed by atoms with Gasteiger partial charge in [-0.15, -0.1) is 0 Å². The number of hydrogen-bond donors (Lipinski definition) is 0. The molecule has 0 amide bonds. The van der Waals surface area contributed by atoms with E-state index in [0.29, 0.717) is 6.10 Å². The van der Waals surface area contributed by atoms with Gasteiger partial charge in [-0.05, 0) is 32.6 Å². The van der Waals surface area contributed by atoms with Gasteiger partial charge >= 0.3 is 0 Å². The highest BCUT2D eigenvalue weighted by atomic mass is 16.7. The Labute approximate surface area is 75.2 Å². The molecule has 1 aliphatic rings. The molecular formula is C10H19O2. The molecule has 1 rings (SSSR count). The van der Waals surface area contributed by atoms with Gasteiger partial charge in [0.05, 0.1) is 12.7 Å². The van der Waals surface area contributed by atoms with Crippen LogP contribution in [0.5, 0.6) is 0 Å². The first-order chi connectivity index (χ1) is 5.49. The van der Waals surface area contributed by atoms with E-state index in [4.69, 9.17) is 9.47 Å². The highest BCUT2D eigenvalue weighted by Gasteiger charge is 2.29. The third-order valence-electron chi connectivity index (χ3n) is 1.98. The van der Waals surface area contributed by atoms with Crippen LogP contribution in [0.25, 0.3) is 0 Å². The lowest BCUT2D eigenvalue weighted by Gasteiger charge is -2.36. The lowest BCUT2D eigenvalue weighted by molar-refractivity contribution is -0.273. The Balaban J connectivity index is 2.36. The number of hydrogen-bond acceptors (Lipinski definition) is 2. The summed E-state index contributed by atoms with van der Waals surface area (Å²) in [6, 6.07) is 0. The van der Waals surface area contributed by atoms with Crippen molar-refractivity contribution in [2.24, 2.45) is 0 Å². The Hall–Kier alpha value is -0.0800. The molecule has 0 saturated carbocycles. The van der Waals surface area contributed by atoms with Gasteiger partial charge in [-0.2, -0.15) is 0 Å². The minimum Gasteiger partial charge on any atom is -0.350 e. The zero-order valence-corrected chi connectivity index (χ0v) is 8.52. The fourth-order valence-electron chi connectivity index (χ4n) is 1.53. The standard InChI is InChI=1S/C10H19O2/c1-8(2)7-9-5-6-11-10(3,4)12-9/h9H,5-7H2,1-4H3. The van der Waals surface area contributed by atoms with Gasteiger partial charge in [-0.1, -0.05) is 13.8 Å². The molecule has 1 heterocycles. The molecule has 1 saturated heterocycles. The summed E-state index contributed by atoms with van der Waals surface area (Å²) in [4.78, 5) is 0. The lowest BCUT2D eigenvalue weighted by Crippen LogP contribution is -2.40. The molecule has 2 nitrogen and oxygen atoms in total. The van der Waals surface area contributed by atoms with Crippen LogP contribution in [0.15, 0.2) is 0 Å². The second-order valence-corrected chi connectivity index (χ2v) is 4.19. The van der Waals surface area contributed by atoms with Crippen LogP contribution in [-0.2, 0) is 9.47 Å². The van der Waals surface area contributed by atoms with Crippen molar-refractivity contribution < 1.29 is 9.47 Å². The van der Waals surface area contributed by atoms with E-state index in [-0.39, 0.29) is 5.79 Å². The summed E-state index contributed by atoms with van der Waals surface area (Å²) in [6.07, 6.45) is 2.44. The van der Waals surface area contributed by atoms with E-state index < -0.39 is 0 Å². The quantitative estimate of drug-likeness (QED) is 0.635. The maximum atomic E-state index is 5.74. The van der Waals surface area contributed by atoms with E-state index in [2.05, 4.69) is 13.8 Å². The van der Waals surface area contributed by atoms with Crippen molar-refractivity contribution in [2.45, 2.75) is 52.4 Å². The zero-order chi connectivity index (χ0) is 9.19. The molecule has 1 unspecified atom stereocenters. The molecule has 1 fully saturated rings. The average Bonchev–Trinajstić information content (AvgIpc) is 1.82. The van der Waals surface area contributed by atoms with E-state index in [1.807, 2.05) is 13.8 Å². The van der Waals surface area contributed by atoms with Crippen LogP contribution < -0.4 is 0 Å². The predicted molar refractivity (Wildman–Crippen MR) is 48.7 cm³/mol. The van der Waals surface area contributed by atoms with Crippen molar-refractivity contribution in [3.8, 4) is 0 Å². The lowest BCUT2D eigenvalue weighted by atomic mass is 10.0. The summed E-state index contributed by atoms with van der Waals surface area (Å²) in [6.45, 7) is 9.07. The predicted octanol–water partition coefficient (Wildman–Crippen LogP) is 2.53. The maximum absolute atomic E-state index is 5.74. The average molecular weight is 171 g/mol. The van der Waals surface area contributed by atoms with Gasteiger partial charge in [-0.3, -0.25) is 0 Å². The summed E-state index contributed by atoms with van der Waals surface area (Å²) < 4.78 is 11.2. The fraction of sp³-hybridized carbons (Fsp3) is 0.900. The van der Waals surface area contributed by atoms with Crippen LogP contribution in [0.3, 0.4) is 0 Å². The number of rotatable bonds is 2. The van der Waals surface area contributed by atoms with E-state index in [1.54, 1.807) is 0 Å². The van der Waals surface area contributed by atoms with Crippen molar-refractivity contribution in [1.29, 1.82) is 0 Å². The topological polar surface area (TPSA) is 18.5 Å². The first-order valence-corrected chi connectivity index (χ1v) is 4.60. The molecule has 1 atom stereocenters. The normalized spacial score (nSPS) is 29.2. The van der Waals surface area contributed by atoms with Gasteiger partial charge in [0.2, 0.25) is 0 Å². The molecule has 0 aromatic heterocycles. The molecule has 0 aromatic rings. The molecule has 12 heavy (non-hydrogen) atoms. The summed E-state index contributed by atoms with van der Waals surface area (Å²) in [5.41, 5.74) is 0. The third-order valence-corrected chi connectivity index (χ3v) is 1.98. The highest BCUT2D eigenvalue weighted by molar-refractivity contribution is 4.83. The van der Waals surface area contributed by atoms with Crippen LogP contribution >= 0.6 is 0 Å². The van der Waals surface area contributed by atoms with Gasteiger partial charge in [-0.25, -0.2) is 0 Å². The van der Waals surface area contributed by atoms with Crippen molar-refractivity contribution in [2.75, 3.05) is 6.61 Å². The zero-order valence-electron chi connectivity index (χ0n) is 8.52. The van der Waals surface area contributed by atoms with E-state index in [1.165, 1.54) is 5.92 Å². The van der Waals surface area contributed by atoms with Crippen LogP contribution in [-0.4, -0.2) is 18.5 Å². The highest BCUT2D eigenvalue weighted by Crippen LogP contribution is 2.25. The Kier molecular flexibility index (Phi) is 3.13. The fourth-order valence-corrected chi connectivity index (χ4v) is 1.53. The Morgan fingerprint density at radius 1 is 1.42 bits per heavy atom. The molecule has 0 bridgehead atoms. The smallest absolute Gasteiger partial charge is 0.163 e. The molecule has 0 aliphatic carbocycles. The first kappa shape index (κ1) is 10.0. The van der Waals surface area contributed by atoms with Crippen LogP contribution in [0, 0.1) is 5.92 Å². The van der Waals surface area contributed by atoms with Crippen molar-refractivity contribution >= 4 is 0 Å². The molecule has 1 radical (unpaired) electrons. The summed E-state index contributed by atoms with van der Waals surface area (Å²) in [5, 5.41) is 0. The molecule has 1 aliphatic heterocycles. The van der Waals surface area contributed by atoms with Crippen LogP contribution in [0.1, 0.15) is 40.5 Å². The van der Waals surface area contributed by atoms with E-state index in [9.17, 15) is 0 Å². The summed E-state index contributed by atoms with van der Waals surface area (Å²) in [7, 11) is 0. The largest absolute Gasteiger partial charge is 0.350 e. The minimum absolute atomic E-state index is 0.360. The van der Waals surface area contributed by atoms with Gasteiger partial charge in [0.1, 0.15) is 0 Å². The van der Waals surface area contributed by atoms with Gasteiger partial charge in [0.15, 0.2) is 5.79 Å². The molecule has 2 heteroatoms. The second-order valence-electron chi connectivity index (χ2n) is 4.19. The van der Waals surface area contributed by atoms with Crippen molar-refractivity contribution in [1.82, 2.24) is 0 Å². The number of ether oxygens (including phenoxy) is 2. The SMILES string of the molecule is C[C](C)CC1CCOC(C)(C)O1. The molecule has 71 valence electrons. The van der Waals surface area contributed by atoms with Gasteiger partial charge in [0, 0.05) is 0 Å². The minimum atomic E-state index is -0.377.